The zero-order valence-electron chi connectivity index (χ0n) is 27.6. The fourth-order valence-electron chi connectivity index (χ4n) is 6.71. The van der Waals surface area contributed by atoms with Crippen LogP contribution in [-0.4, -0.2) is 46.6 Å². The lowest BCUT2D eigenvalue weighted by molar-refractivity contribution is 0.191. The molecule has 3 aromatic carbocycles. The van der Waals surface area contributed by atoms with Gasteiger partial charge in [0.2, 0.25) is 0 Å². The SMILES string of the molecule is CC1CCCC(C)(C)C1.NC(=Nc1ccc2c(=O)n(CCc3ccc(F)cc3)c(CCc3ccccc3)nc2c1)N1CCNCC1. The summed E-state index contributed by atoms with van der Waals surface area (Å²) in [4.78, 5) is 25.2. The third-order valence-electron chi connectivity index (χ3n) is 9.17. The number of nitrogens with two attached hydrogens (primary N) is 1. The van der Waals surface area contributed by atoms with Gasteiger partial charge in [0.25, 0.3) is 5.56 Å². The number of piperazine rings is 1. The second-order valence-electron chi connectivity index (χ2n) is 13.6. The Morgan fingerprint density at radius 1 is 1.00 bits per heavy atom. The molecule has 1 atom stereocenters. The van der Waals surface area contributed by atoms with E-state index in [4.69, 9.17) is 10.7 Å². The van der Waals surface area contributed by atoms with E-state index in [1.54, 1.807) is 22.8 Å². The Bertz CT molecular complexity index is 1660. The van der Waals surface area contributed by atoms with Crippen LogP contribution in [0.5, 0.6) is 0 Å². The van der Waals surface area contributed by atoms with Gasteiger partial charge in [-0.25, -0.2) is 14.4 Å². The number of fused-ring (bicyclic) bond motifs is 1. The van der Waals surface area contributed by atoms with Crippen molar-refractivity contribution >= 4 is 22.5 Å². The van der Waals surface area contributed by atoms with Gasteiger partial charge in [0.05, 0.1) is 16.6 Å². The first-order valence-electron chi connectivity index (χ1n) is 16.8. The van der Waals surface area contributed by atoms with Crippen molar-refractivity contribution in [2.45, 2.75) is 72.3 Å². The van der Waals surface area contributed by atoms with Crippen molar-refractivity contribution in [1.29, 1.82) is 0 Å². The first-order chi connectivity index (χ1) is 22.2. The smallest absolute Gasteiger partial charge is 0.261 e. The number of hydrogen-bond acceptors (Lipinski definition) is 4. The molecule has 1 saturated carbocycles. The Morgan fingerprint density at radius 2 is 1.72 bits per heavy atom. The van der Waals surface area contributed by atoms with Crippen molar-refractivity contribution in [2.75, 3.05) is 26.2 Å². The van der Waals surface area contributed by atoms with Crippen molar-refractivity contribution in [2.24, 2.45) is 22.1 Å². The number of aryl methyl sites for hydroxylation is 3. The summed E-state index contributed by atoms with van der Waals surface area (Å²) in [6.07, 6.45) is 7.79. The number of nitrogens with one attached hydrogen (secondary N) is 1. The molecule has 6 rings (SSSR count). The van der Waals surface area contributed by atoms with Gasteiger partial charge >= 0.3 is 0 Å². The van der Waals surface area contributed by atoms with Crippen LogP contribution in [0.3, 0.4) is 0 Å². The number of halogens is 1. The lowest BCUT2D eigenvalue weighted by Crippen LogP contribution is -2.49. The molecule has 46 heavy (non-hydrogen) atoms. The summed E-state index contributed by atoms with van der Waals surface area (Å²) in [6.45, 7) is 11.0. The molecule has 0 radical (unpaired) electrons. The van der Waals surface area contributed by atoms with Crippen molar-refractivity contribution in [3.05, 3.63) is 106 Å². The third kappa shape index (κ3) is 9.25. The van der Waals surface area contributed by atoms with Gasteiger partial charge in [-0.05, 0) is 78.5 Å². The van der Waals surface area contributed by atoms with E-state index < -0.39 is 0 Å². The maximum absolute atomic E-state index is 13.6. The summed E-state index contributed by atoms with van der Waals surface area (Å²) in [5.74, 6) is 1.90. The molecule has 244 valence electrons. The summed E-state index contributed by atoms with van der Waals surface area (Å²) in [6, 6.07) is 22.0. The van der Waals surface area contributed by atoms with Crippen LogP contribution < -0.4 is 16.6 Å². The first kappa shape index (κ1) is 33.3. The molecule has 4 aromatic rings. The molecule has 1 aliphatic heterocycles. The van der Waals surface area contributed by atoms with Crippen molar-refractivity contribution in [3.8, 4) is 0 Å². The van der Waals surface area contributed by atoms with E-state index in [1.807, 2.05) is 35.2 Å². The number of hydrogen-bond donors (Lipinski definition) is 2. The third-order valence-corrected chi connectivity index (χ3v) is 9.17. The summed E-state index contributed by atoms with van der Waals surface area (Å²) in [5, 5.41) is 3.85. The van der Waals surface area contributed by atoms with E-state index >= 15 is 0 Å². The highest BCUT2D eigenvalue weighted by molar-refractivity contribution is 5.85. The van der Waals surface area contributed by atoms with E-state index in [2.05, 4.69) is 43.2 Å². The molecule has 0 bridgehead atoms. The standard InChI is InChI=1S/C29H31FN6O.C9H18/c30-23-9-6-22(7-10-23)14-17-36-27(13-8-21-4-2-1-3-5-21)34-26-20-24(11-12-25(26)28(36)37)33-29(31)35-18-15-32-16-19-35;1-8-5-4-6-9(2,3)7-8/h1-7,9-12,20,32H,8,13-19H2,(H2,31,33);8H,4-7H2,1-3H3. The molecular weight excluding hydrogens is 575 g/mol. The van der Waals surface area contributed by atoms with Gasteiger partial charge in [-0.2, -0.15) is 0 Å². The Kier molecular flexibility index (Phi) is 11.2. The number of benzene rings is 3. The van der Waals surface area contributed by atoms with Gasteiger partial charge in [0.1, 0.15) is 11.6 Å². The second-order valence-corrected chi connectivity index (χ2v) is 13.6. The van der Waals surface area contributed by atoms with E-state index in [-0.39, 0.29) is 11.4 Å². The molecule has 2 fully saturated rings. The predicted octanol–water partition coefficient (Wildman–Crippen LogP) is 6.64. The Labute approximate surface area is 272 Å². The van der Waals surface area contributed by atoms with Crippen molar-refractivity contribution in [1.82, 2.24) is 19.8 Å². The Balaban J connectivity index is 0.000000400. The molecule has 1 aromatic heterocycles. The zero-order chi connectivity index (χ0) is 32.5. The van der Waals surface area contributed by atoms with E-state index in [0.717, 1.165) is 49.9 Å². The fourth-order valence-corrected chi connectivity index (χ4v) is 6.71. The lowest BCUT2D eigenvalue weighted by atomic mass is 9.73. The highest BCUT2D eigenvalue weighted by Crippen LogP contribution is 2.37. The molecule has 7 nitrogen and oxygen atoms in total. The summed E-state index contributed by atoms with van der Waals surface area (Å²) in [7, 11) is 0. The van der Waals surface area contributed by atoms with E-state index in [1.165, 1.54) is 43.4 Å². The number of nitrogens with zero attached hydrogens (tertiary/aromatic N) is 4. The number of aliphatic imine (C=N–C) groups is 1. The summed E-state index contributed by atoms with van der Waals surface area (Å²) >= 11 is 0. The van der Waals surface area contributed by atoms with Crippen molar-refractivity contribution in [3.63, 3.8) is 0 Å². The molecule has 0 amide bonds. The predicted molar refractivity (Wildman–Crippen MR) is 187 cm³/mol. The largest absolute Gasteiger partial charge is 0.369 e. The minimum Gasteiger partial charge on any atom is -0.369 e. The monoisotopic (exact) mass is 624 g/mol. The normalized spacial score (nSPS) is 18.2. The molecule has 1 aliphatic carbocycles. The molecule has 3 N–H and O–H groups in total. The van der Waals surface area contributed by atoms with Gasteiger partial charge in [-0.3, -0.25) is 9.36 Å². The number of rotatable bonds is 7. The summed E-state index contributed by atoms with van der Waals surface area (Å²) < 4.78 is 15.1. The van der Waals surface area contributed by atoms with Gasteiger partial charge in [-0.15, -0.1) is 0 Å². The highest BCUT2D eigenvalue weighted by Gasteiger charge is 2.25. The summed E-state index contributed by atoms with van der Waals surface area (Å²) in [5.41, 5.74) is 10.3. The Hall–Kier alpha value is -4.04. The van der Waals surface area contributed by atoms with Gasteiger partial charge in [0.15, 0.2) is 5.96 Å². The molecule has 0 spiro atoms. The van der Waals surface area contributed by atoms with Crippen molar-refractivity contribution < 1.29 is 4.39 Å². The molecule has 8 heteroatoms. The number of aromatic nitrogens is 2. The fraction of sp³-hybridized carbons (Fsp3) is 0.447. The van der Waals surface area contributed by atoms with Gasteiger partial charge in [0, 0.05) is 39.1 Å². The molecule has 1 unspecified atom stereocenters. The van der Waals surface area contributed by atoms with Crippen LogP contribution in [0.25, 0.3) is 10.9 Å². The number of guanidine groups is 1. The maximum atomic E-state index is 13.6. The van der Waals surface area contributed by atoms with Gasteiger partial charge in [-0.1, -0.05) is 76.1 Å². The second kappa shape index (κ2) is 15.5. The maximum Gasteiger partial charge on any atom is 0.261 e. The topological polar surface area (TPSA) is 88.5 Å². The average molecular weight is 625 g/mol. The zero-order valence-corrected chi connectivity index (χ0v) is 27.6. The van der Waals surface area contributed by atoms with Crippen LogP contribution in [0.4, 0.5) is 10.1 Å². The first-order valence-corrected chi connectivity index (χ1v) is 16.8. The van der Waals surface area contributed by atoms with Crippen LogP contribution in [0, 0.1) is 17.2 Å². The van der Waals surface area contributed by atoms with Crippen LogP contribution in [0.1, 0.15) is 63.4 Å². The minimum atomic E-state index is -0.270. The highest BCUT2D eigenvalue weighted by atomic mass is 19.1. The lowest BCUT2D eigenvalue weighted by Gasteiger charge is -2.33. The van der Waals surface area contributed by atoms with E-state index in [9.17, 15) is 9.18 Å². The van der Waals surface area contributed by atoms with E-state index in [0.29, 0.717) is 47.4 Å². The van der Waals surface area contributed by atoms with Crippen LogP contribution in [0.2, 0.25) is 0 Å². The average Bonchev–Trinajstić information content (AvgIpc) is 3.05. The molecule has 2 aliphatic rings. The minimum absolute atomic E-state index is 0.0826. The molecule has 2 heterocycles. The van der Waals surface area contributed by atoms with Crippen LogP contribution >= 0.6 is 0 Å². The van der Waals surface area contributed by atoms with Crippen LogP contribution in [-0.2, 0) is 25.8 Å². The van der Waals surface area contributed by atoms with Gasteiger partial charge < -0.3 is 16.0 Å². The Morgan fingerprint density at radius 3 is 2.39 bits per heavy atom. The quantitative estimate of drug-likeness (QED) is 0.178. The molecular formula is C38H49FN6O. The van der Waals surface area contributed by atoms with Crippen LogP contribution in [0.15, 0.2) is 82.6 Å². The molecule has 1 saturated heterocycles.